The maximum atomic E-state index is 13.3. The third-order valence-electron chi connectivity index (χ3n) is 4.48. The fraction of sp³-hybridized carbons (Fsp3) is 0.333. The number of urea groups is 1. The van der Waals surface area contributed by atoms with Crippen molar-refractivity contribution in [2.75, 3.05) is 26.2 Å². The molecule has 1 fully saturated rings. The zero-order valence-electron chi connectivity index (χ0n) is 14.9. The Bertz CT molecular complexity index is 900. The summed E-state index contributed by atoms with van der Waals surface area (Å²) in [4.78, 5) is 18.0. The second-order valence-electron chi connectivity index (χ2n) is 6.31. The highest BCUT2D eigenvalue weighted by atomic mass is 32.2. The standard InChI is InChI=1S/C18H21FN4O3S/c1-14(15-4-3-7-20-13-15)21-18(24)22-8-10-23(11-9-22)27(25,26)17-6-2-5-16(19)12-17/h2-7,12-14H,8-11H2,1H3,(H,21,24)/t14-/m0/s1. The molecule has 0 saturated carbocycles. The molecule has 2 aromatic rings. The van der Waals surface area contributed by atoms with Gasteiger partial charge < -0.3 is 10.2 Å². The molecule has 1 saturated heterocycles. The molecule has 0 bridgehead atoms. The first-order chi connectivity index (χ1) is 12.9. The Morgan fingerprint density at radius 1 is 1.19 bits per heavy atom. The lowest BCUT2D eigenvalue weighted by atomic mass is 10.1. The first-order valence-corrected chi connectivity index (χ1v) is 10.0. The minimum Gasteiger partial charge on any atom is -0.331 e. The molecule has 27 heavy (non-hydrogen) atoms. The van der Waals surface area contributed by atoms with Gasteiger partial charge in [-0.2, -0.15) is 4.31 Å². The highest BCUT2D eigenvalue weighted by molar-refractivity contribution is 7.89. The number of pyridine rings is 1. The number of nitrogens with one attached hydrogen (secondary N) is 1. The lowest BCUT2D eigenvalue weighted by Gasteiger charge is -2.34. The summed E-state index contributed by atoms with van der Waals surface area (Å²) < 4.78 is 39.8. The summed E-state index contributed by atoms with van der Waals surface area (Å²) in [6, 6.07) is 8.15. The van der Waals surface area contributed by atoms with Crippen LogP contribution in [-0.2, 0) is 10.0 Å². The van der Waals surface area contributed by atoms with E-state index in [1.165, 1.54) is 22.5 Å². The number of amides is 2. The highest BCUT2D eigenvalue weighted by Crippen LogP contribution is 2.19. The highest BCUT2D eigenvalue weighted by Gasteiger charge is 2.30. The van der Waals surface area contributed by atoms with E-state index in [0.717, 1.165) is 11.6 Å². The van der Waals surface area contributed by atoms with Crippen molar-refractivity contribution in [2.24, 2.45) is 0 Å². The van der Waals surface area contributed by atoms with Gasteiger partial charge in [-0.1, -0.05) is 12.1 Å². The van der Waals surface area contributed by atoms with Gasteiger partial charge in [-0.3, -0.25) is 4.98 Å². The molecule has 1 N–H and O–H groups in total. The quantitative estimate of drug-likeness (QED) is 0.863. The number of hydrogen-bond donors (Lipinski definition) is 1. The van der Waals surface area contributed by atoms with Crippen LogP contribution in [0, 0.1) is 5.82 Å². The molecule has 1 aliphatic heterocycles. The number of nitrogens with zero attached hydrogens (tertiary/aromatic N) is 3. The molecule has 1 atom stereocenters. The van der Waals surface area contributed by atoms with Gasteiger partial charge in [0.25, 0.3) is 0 Å². The van der Waals surface area contributed by atoms with E-state index in [2.05, 4.69) is 10.3 Å². The van der Waals surface area contributed by atoms with E-state index >= 15 is 0 Å². The predicted octanol–water partition coefficient (Wildman–Crippen LogP) is 2.00. The SMILES string of the molecule is C[C@H](NC(=O)N1CCN(S(=O)(=O)c2cccc(F)c2)CC1)c1cccnc1. The van der Waals surface area contributed by atoms with Gasteiger partial charge in [-0.15, -0.1) is 0 Å². The van der Waals surface area contributed by atoms with Crippen LogP contribution in [0.1, 0.15) is 18.5 Å². The van der Waals surface area contributed by atoms with Crippen LogP contribution >= 0.6 is 0 Å². The normalized spacial score (nSPS) is 16.7. The van der Waals surface area contributed by atoms with E-state index < -0.39 is 15.8 Å². The summed E-state index contributed by atoms with van der Waals surface area (Å²) >= 11 is 0. The van der Waals surface area contributed by atoms with Crippen LogP contribution in [0.4, 0.5) is 9.18 Å². The largest absolute Gasteiger partial charge is 0.331 e. The molecular weight excluding hydrogens is 371 g/mol. The number of piperazine rings is 1. The zero-order chi connectivity index (χ0) is 19.4. The summed E-state index contributed by atoms with van der Waals surface area (Å²) in [5.74, 6) is -0.599. The number of halogens is 1. The molecule has 1 aromatic carbocycles. The molecule has 0 spiro atoms. The summed E-state index contributed by atoms with van der Waals surface area (Å²) in [5.41, 5.74) is 0.887. The Balaban J connectivity index is 1.59. The molecule has 2 heterocycles. The average molecular weight is 392 g/mol. The van der Waals surface area contributed by atoms with Gasteiger partial charge in [-0.05, 0) is 36.8 Å². The van der Waals surface area contributed by atoms with Crippen LogP contribution in [0.2, 0.25) is 0 Å². The van der Waals surface area contributed by atoms with E-state index in [-0.39, 0.29) is 43.1 Å². The Morgan fingerprint density at radius 3 is 2.56 bits per heavy atom. The fourth-order valence-electron chi connectivity index (χ4n) is 2.90. The number of benzene rings is 1. The smallest absolute Gasteiger partial charge is 0.317 e. The van der Waals surface area contributed by atoms with Crippen molar-refractivity contribution in [3.05, 3.63) is 60.2 Å². The van der Waals surface area contributed by atoms with Gasteiger partial charge in [0.2, 0.25) is 10.0 Å². The van der Waals surface area contributed by atoms with Crippen molar-refractivity contribution >= 4 is 16.1 Å². The van der Waals surface area contributed by atoms with Gasteiger partial charge in [0, 0.05) is 38.6 Å². The molecule has 0 aliphatic carbocycles. The van der Waals surface area contributed by atoms with E-state index in [0.29, 0.717) is 0 Å². The molecule has 2 amide bonds. The number of carbonyl (C=O) groups is 1. The fourth-order valence-corrected chi connectivity index (χ4v) is 4.35. The number of carbonyl (C=O) groups excluding carboxylic acids is 1. The molecule has 9 heteroatoms. The predicted molar refractivity (Wildman–Crippen MR) is 97.9 cm³/mol. The monoisotopic (exact) mass is 392 g/mol. The minimum atomic E-state index is -3.77. The van der Waals surface area contributed by atoms with Gasteiger partial charge in [0.15, 0.2) is 0 Å². The summed E-state index contributed by atoms with van der Waals surface area (Å²) in [5, 5.41) is 2.89. The molecule has 3 rings (SSSR count). The zero-order valence-corrected chi connectivity index (χ0v) is 15.7. The summed E-state index contributed by atoms with van der Waals surface area (Å²) in [6.07, 6.45) is 3.35. The Labute approximate surface area is 157 Å². The summed E-state index contributed by atoms with van der Waals surface area (Å²) in [6.45, 7) is 2.71. The van der Waals surface area contributed by atoms with E-state index in [1.807, 2.05) is 13.0 Å². The lowest BCUT2D eigenvalue weighted by molar-refractivity contribution is 0.169. The van der Waals surface area contributed by atoms with Crippen molar-refractivity contribution in [1.82, 2.24) is 19.5 Å². The van der Waals surface area contributed by atoms with Crippen LogP contribution in [0.5, 0.6) is 0 Å². The molecule has 1 aromatic heterocycles. The van der Waals surface area contributed by atoms with Gasteiger partial charge in [-0.25, -0.2) is 17.6 Å². The van der Waals surface area contributed by atoms with Crippen LogP contribution in [0.25, 0.3) is 0 Å². The minimum absolute atomic E-state index is 0.0781. The van der Waals surface area contributed by atoms with Crippen molar-refractivity contribution in [3.8, 4) is 0 Å². The topological polar surface area (TPSA) is 82.6 Å². The van der Waals surface area contributed by atoms with Crippen LogP contribution in [-0.4, -0.2) is 54.8 Å². The van der Waals surface area contributed by atoms with Crippen molar-refractivity contribution in [2.45, 2.75) is 17.9 Å². The van der Waals surface area contributed by atoms with Crippen molar-refractivity contribution in [1.29, 1.82) is 0 Å². The van der Waals surface area contributed by atoms with Crippen LogP contribution in [0.15, 0.2) is 53.7 Å². The molecule has 0 unspecified atom stereocenters. The molecule has 144 valence electrons. The first-order valence-electron chi connectivity index (χ1n) is 8.59. The number of rotatable bonds is 4. The maximum Gasteiger partial charge on any atom is 0.317 e. The van der Waals surface area contributed by atoms with Gasteiger partial charge >= 0.3 is 6.03 Å². The third-order valence-corrected chi connectivity index (χ3v) is 6.38. The number of hydrogen-bond acceptors (Lipinski definition) is 4. The van der Waals surface area contributed by atoms with E-state index in [9.17, 15) is 17.6 Å². The maximum absolute atomic E-state index is 13.3. The third kappa shape index (κ3) is 4.42. The molecule has 1 aliphatic rings. The van der Waals surface area contributed by atoms with Gasteiger partial charge in [0.05, 0.1) is 10.9 Å². The van der Waals surface area contributed by atoms with E-state index in [4.69, 9.17) is 0 Å². The van der Waals surface area contributed by atoms with Crippen LogP contribution < -0.4 is 5.32 Å². The number of aromatic nitrogens is 1. The van der Waals surface area contributed by atoms with Crippen molar-refractivity contribution < 1.29 is 17.6 Å². The Morgan fingerprint density at radius 2 is 1.93 bits per heavy atom. The first kappa shape index (κ1) is 19.2. The molecular formula is C18H21FN4O3S. The Kier molecular flexibility index (Phi) is 5.71. The van der Waals surface area contributed by atoms with Gasteiger partial charge in [0.1, 0.15) is 5.82 Å². The molecule has 7 nitrogen and oxygen atoms in total. The second-order valence-corrected chi connectivity index (χ2v) is 8.24. The summed E-state index contributed by atoms with van der Waals surface area (Å²) in [7, 11) is -3.77. The van der Waals surface area contributed by atoms with E-state index in [1.54, 1.807) is 23.4 Å². The van der Waals surface area contributed by atoms with Crippen molar-refractivity contribution in [3.63, 3.8) is 0 Å². The lowest BCUT2D eigenvalue weighted by Crippen LogP contribution is -2.53. The molecule has 0 radical (unpaired) electrons. The average Bonchev–Trinajstić information content (AvgIpc) is 2.68. The van der Waals surface area contributed by atoms with Crippen LogP contribution in [0.3, 0.4) is 0 Å². The Hall–Kier alpha value is -2.52. The second kappa shape index (κ2) is 8.01. The number of sulfonamides is 1.